The number of para-hydroxylation sites is 2. The van der Waals surface area contributed by atoms with Gasteiger partial charge in [-0.15, -0.1) is 5.54 Å². The Morgan fingerprint density at radius 1 is 0.968 bits per heavy atom. The van der Waals surface area contributed by atoms with Crippen LogP contribution >= 0.6 is 18.6 Å². The SMILES string of the molecule is CC(C)N1B([N]=[Ti]([Cl])[Cl])N(C(C)C)c2ccccc21.C[N-]C1(C)CN(C)CCN(C)C1. The third kappa shape index (κ3) is 7.17. The average Bonchev–Trinajstić information content (AvgIpc) is 2.92. The molecule has 0 amide bonds. The number of nitrogens with zero attached hydrogens (tertiary/aromatic N) is 6. The van der Waals surface area contributed by atoms with Crippen molar-refractivity contribution >= 4 is 37.1 Å². The van der Waals surface area contributed by atoms with Crippen molar-refractivity contribution in [3.63, 3.8) is 0 Å². The number of fused-ring (bicyclic) bond motifs is 1. The Labute approximate surface area is 203 Å². The molecule has 0 saturated carbocycles. The van der Waals surface area contributed by atoms with Gasteiger partial charge in [0.25, 0.3) is 0 Å². The molecule has 0 unspecified atom stereocenters. The molecule has 2 aliphatic heterocycles. The number of likely N-dealkylation sites (N-methyl/N-ethyl adjacent to an activating group) is 3. The maximum absolute atomic E-state index is 6.05. The first kappa shape index (κ1) is 27.1. The van der Waals surface area contributed by atoms with Crippen LogP contribution in [-0.4, -0.2) is 81.9 Å². The molecule has 0 aromatic heterocycles. The first-order chi connectivity index (χ1) is 14.5. The van der Waals surface area contributed by atoms with Crippen molar-refractivity contribution in [1.29, 1.82) is 0 Å². The summed E-state index contributed by atoms with van der Waals surface area (Å²) in [5.74, 6) is 0. The molecule has 0 bridgehead atoms. The Morgan fingerprint density at radius 2 is 1.39 bits per heavy atom. The first-order valence-corrected chi connectivity index (χ1v) is 16.0. The van der Waals surface area contributed by atoms with Crippen LogP contribution in [0, 0.1) is 0 Å². The second kappa shape index (κ2) is 11.8. The minimum atomic E-state index is -2.29. The fourth-order valence-electron chi connectivity index (χ4n) is 4.44. The molecule has 174 valence electrons. The predicted molar refractivity (Wildman–Crippen MR) is 134 cm³/mol. The van der Waals surface area contributed by atoms with E-state index in [9.17, 15) is 0 Å². The zero-order chi connectivity index (χ0) is 23.3. The van der Waals surface area contributed by atoms with Crippen LogP contribution in [-0.2, 0) is 15.6 Å². The standard InChI is InChI=1S/C12H18BN3.C9H20N3.2ClH.Ti/c1-9(2)15-11-7-5-6-8-12(11)16(10(3)4)13(15)14;1-9(10-2)7-11(3)5-6-12(4)8-9;;;/h5-10H,1-4H3;5-8H2,1-4H3;2*1H;/q;-1;;;+2/p-2. The van der Waals surface area contributed by atoms with Crippen LogP contribution in [0.1, 0.15) is 34.6 Å². The molecule has 2 aliphatic rings. The van der Waals surface area contributed by atoms with Crippen LogP contribution in [0.5, 0.6) is 0 Å². The van der Waals surface area contributed by atoms with Crippen molar-refractivity contribution in [3.05, 3.63) is 29.6 Å². The van der Waals surface area contributed by atoms with E-state index in [1.54, 1.807) is 0 Å². The van der Waals surface area contributed by atoms with Crippen molar-refractivity contribution in [1.82, 2.24) is 9.80 Å². The van der Waals surface area contributed by atoms with Crippen LogP contribution in [0.4, 0.5) is 11.4 Å². The van der Waals surface area contributed by atoms with Crippen molar-refractivity contribution in [3.8, 4) is 0 Å². The molecule has 0 aliphatic carbocycles. The summed E-state index contributed by atoms with van der Waals surface area (Å²) in [6.07, 6.45) is 0. The summed E-state index contributed by atoms with van der Waals surface area (Å²) in [5, 5.41) is 4.46. The quantitative estimate of drug-likeness (QED) is 0.550. The molecule has 0 radical (unpaired) electrons. The zero-order valence-electron chi connectivity index (χ0n) is 20.3. The number of halogens is 2. The van der Waals surface area contributed by atoms with E-state index in [0.717, 1.165) is 26.2 Å². The van der Waals surface area contributed by atoms with Crippen LogP contribution < -0.4 is 9.62 Å². The van der Waals surface area contributed by atoms with Gasteiger partial charge in [-0.05, 0) is 27.2 Å². The molecule has 2 heterocycles. The summed E-state index contributed by atoms with van der Waals surface area (Å²) in [7, 11) is 18.3. The number of benzene rings is 1. The molecular formula is C21H38BCl2N6Ti-. The average molecular weight is 504 g/mol. The van der Waals surface area contributed by atoms with E-state index in [1.807, 2.05) is 7.05 Å². The molecule has 6 nitrogen and oxygen atoms in total. The summed E-state index contributed by atoms with van der Waals surface area (Å²) >= 11 is -2.29. The number of rotatable bonds is 4. The Kier molecular flexibility index (Phi) is 10.3. The largest absolute Gasteiger partial charge is 0.658 e. The number of hydrogen-bond donors (Lipinski definition) is 0. The third-order valence-electron chi connectivity index (χ3n) is 5.89. The molecule has 0 spiro atoms. The second-order valence-corrected chi connectivity index (χ2v) is 14.3. The monoisotopic (exact) mass is 503 g/mol. The van der Waals surface area contributed by atoms with Crippen molar-refractivity contribution in [2.24, 2.45) is 3.33 Å². The van der Waals surface area contributed by atoms with Gasteiger partial charge in [-0.3, -0.25) is 0 Å². The summed E-state index contributed by atoms with van der Waals surface area (Å²) in [6, 6.07) is 9.11. The van der Waals surface area contributed by atoms with Crippen molar-refractivity contribution in [2.45, 2.75) is 52.2 Å². The summed E-state index contributed by atoms with van der Waals surface area (Å²) in [6.45, 7) is 15.4. The minimum absolute atomic E-state index is 0.0672. The van der Waals surface area contributed by atoms with Crippen molar-refractivity contribution < 1.29 is 15.6 Å². The van der Waals surface area contributed by atoms with E-state index >= 15 is 0 Å². The van der Waals surface area contributed by atoms with Gasteiger partial charge in [0.2, 0.25) is 0 Å². The van der Waals surface area contributed by atoms with E-state index in [2.05, 4.69) is 101 Å². The topological polar surface area (TPSA) is 39.4 Å². The van der Waals surface area contributed by atoms with Gasteiger partial charge in [0.15, 0.2) is 0 Å². The first-order valence-electron chi connectivity index (χ1n) is 11.0. The minimum Gasteiger partial charge on any atom is -0.658 e. The molecule has 3 rings (SSSR count). The van der Waals surface area contributed by atoms with Gasteiger partial charge in [-0.2, -0.15) is 7.05 Å². The van der Waals surface area contributed by atoms with E-state index < -0.39 is 15.6 Å². The Bertz CT molecular complexity index is 699. The smallest absolute Gasteiger partial charge is 0.0106 e. The number of hydrogen-bond acceptors (Lipinski definition) is 5. The van der Waals surface area contributed by atoms with Gasteiger partial charge < -0.3 is 15.1 Å². The van der Waals surface area contributed by atoms with Gasteiger partial charge in [-0.1, -0.05) is 6.92 Å². The zero-order valence-corrected chi connectivity index (χ0v) is 23.4. The summed E-state index contributed by atoms with van der Waals surface area (Å²) in [4.78, 5) is 9.31. The van der Waals surface area contributed by atoms with Gasteiger partial charge in [0, 0.05) is 13.1 Å². The van der Waals surface area contributed by atoms with Crippen LogP contribution in [0.25, 0.3) is 5.32 Å². The van der Waals surface area contributed by atoms with Crippen LogP contribution in [0.15, 0.2) is 27.6 Å². The molecule has 31 heavy (non-hydrogen) atoms. The molecule has 10 heteroatoms. The predicted octanol–water partition coefficient (Wildman–Crippen LogP) is 4.85. The molecule has 0 N–H and O–H groups in total. The van der Waals surface area contributed by atoms with Crippen molar-refractivity contribution in [2.75, 3.05) is 56.9 Å². The van der Waals surface area contributed by atoms with E-state index in [-0.39, 0.29) is 12.7 Å². The van der Waals surface area contributed by atoms with Crippen LogP contribution in [0.2, 0.25) is 0 Å². The van der Waals surface area contributed by atoms with Gasteiger partial charge in [0.05, 0.1) is 0 Å². The summed E-state index contributed by atoms with van der Waals surface area (Å²) in [5.41, 5.74) is 2.56. The Hall–Kier alpha value is -0.141. The third-order valence-corrected chi connectivity index (χ3v) is 7.36. The maximum atomic E-state index is 6.05. The molecule has 1 aromatic carbocycles. The molecular weight excluding hydrogens is 466 g/mol. The van der Waals surface area contributed by atoms with E-state index in [0.29, 0.717) is 12.1 Å². The molecule has 1 saturated heterocycles. The Balaban J connectivity index is 0.000000245. The van der Waals surface area contributed by atoms with Gasteiger partial charge >= 0.3 is 130 Å². The van der Waals surface area contributed by atoms with Gasteiger partial charge in [0.1, 0.15) is 0 Å². The normalized spacial score (nSPS) is 19.3. The fourth-order valence-corrected chi connectivity index (χ4v) is 5.82. The van der Waals surface area contributed by atoms with Gasteiger partial charge in [-0.25, -0.2) is 0 Å². The molecule has 0 atom stereocenters. The maximum Gasteiger partial charge on any atom is 0.0106 e. The molecule has 1 aromatic rings. The fraction of sp³-hybridized carbons (Fsp3) is 0.714. The summed E-state index contributed by atoms with van der Waals surface area (Å²) < 4.78 is 4.65. The number of anilines is 2. The van der Waals surface area contributed by atoms with E-state index in [4.69, 9.17) is 18.6 Å². The second-order valence-electron chi connectivity index (χ2n) is 9.40. The van der Waals surface area contributed by atoms with E-state index in [1.165, 1.54) is 11.4 Å². The molecule has 1 fully saturated rings. The van der Waals surface area contributed by atoms with Crippen LogP contribution in [0.3, 0.4) is 0 Å². The Morgan fingerprint density at radius 3 is 1.71 bits per heavy atom.